The average molecular weight is 221 g/mol. The van der Waals surface area contributed by atoms with Crippen molar-refractivity contribution in [1.29, 1.82) is 0 Å². The maximum atomic E-state index is 10.8. The van der Waals surface area contributed by atoms with Crippen molar-refractivity contribution in [3.63, 3.8) is 0 Å². The topological polar surface area (TPSA) is 60.4 Å². The van der Waals surface area contributed by atoms with Crippen molar-refractivity contribution in [2.75, 3.05) is 0 Å². The van der Waals surface area contributed by atoms with E-state index in [0.29, 0.717) is 0 Å². The summed E-state index contributed by atoms with van der Waals surface area (Å²) in [5, 5.41) is 0. The van der Waals surface area contributed by atoms with Crippen LogP contribution >= 0.6 is 10.7 Å². The summed E-state index contributed by atoms with van der Waals surface area (Å²) in [6.45, 7) is 0.208. The molecule has 0 aromatic heterocycles. The summed E-state index contributed by atoms with van der Waals surface area (Å²) in [5.74, 6) is 0.136. The van der Waals surface area contributed by atoms with Crippen molar-refractivity contribution in [1.82, 2.24) is 0 Å². The smallest absolute Gasteiger partial charge is 0.298 e. The maximum Gasteiger partial charge on any atom is 0.298 e. The van der Waals surface area contributed by atoms with Crippen LogP contribution in [0.1, 0.15) is 0 Å². The average Bonchev–Trinajstić information content (AvgIpc) is 2.04. The zero-order chi connectivity index (χ0) is 9.90. The van der Waals surface area contributed by atoms with E-state index in [1.165, 1.54) is 18.2 Å². The summed E-state index contributed by atoms with van der Waals surface area (Å²) < 4.78 is 26.1. The molecule has 0 aliphatic carbocycles. The first-order valence-corrected chi connectivity index (χ1v) is 5.50. The Bertz CT molecular complexity index is 412. The lowest BCUT2D eigenvalue weighted by Gasteiger charge is -1.98. The summed E-state index contributed by atoms with van der Waals surface area (Å²) in [6.07, 6.45) is 0. The molecule has 0 N–H and O–H groups in total. The van der Waals surface area contributed by atoms with Gasteiger partial charge in [0.25, 0.3) is 15.5 Å². The molecule has 0 atom stereocenters. The van der Waals surface area contributed by atoms with Gasteiger partial charge in [0.15, 0.2) is 0 Å². The first-order valence-electron chi connectivity index (χ1n) is 3.19. The monoisotopic (exact) mass is 220 g/mol. The van der Waals surface area contributed by atoms with E-state index >= 15 is 0 Å². The van der Waals surface area contributed by atoms with Gasteiger partial charge in [-0.3, -0.25) is 4.79 Å². The van der Waals surface area contributed by atoms with E-state index in [9.17, 15) is 13.2 Å². The predicted molar refractivity (Wildman–Crippen MR) is 46.2 cm³/mol. The fourth-order valence-corrected chi connectivity index (χ4v) is 1.54. The van der Waals surface area contributed by atoms with Crippen molar-refractivity contribution in [3.8, 4) is 5.75 Å². The number of benzene rings is 1. The van der Waals surface area contributed by atoms with E-state index in [4.69, 9.17) is 10.7 Å². The molecule has 0 aliphatic heterocycles. The fraction of sp³-hybridized carbons (Fsp3) is 0. The number of carbonyl (C=O) groups is 1. The minimum absolute atomic E-state index is 0.103. The van der Waals surface area contributed by atoms with Gasteiger partial charge in [0.05, 0.1) is 4.90 Å². The van der Waals surface area contributed by atoms with Gasteiger partial charge in [0.2, 0.25) is 0 Å². The van der Waals surface area contributed by atoms with E-state index in [1.807, 2.05) is 0 Å². The SMILES string of the molecule is O=COc1cccc(S(=O)(=O)Cl)c1. The van der Waals surface area contributed by atoms with Gasteiger partial charge in [-0.15, -0.1) is 0 Å². The van der Waals surface area contributed by atoms with Crippen LogP contribution in [0.4, 0.5) is 0 Å². The molecule has 6 heteroatoms. The van der Waals surface area contributed by atoms with E-state index < -0.39 is 9.05 Å². The van der Waals surface area contributed by atoms with E-state index in [2.05, 4.69) is 4.74 Å². The minimum Gasteiger partial charge on any atom is -0.429 e. The quantitative estimate of drug-likeness (QED) is 0.566. The van der Waals surface area contributed by atoms with Crippen LogP contribution in [0.2, 0.25) is 0 Å². The van der Waals surface area contributed by atoms with Gasteiger partial charge in [-0.05, 0) is 12.1 Å². The van der Waals surface area contributed by atoms with Crippen molar-refractivity contribution < 1.29 is 17.9 Å². The molecule has 0 spiro atoms. The molecule has 1 rings (SSSR count). The predicted octanol–water partition coefficient (Wildman–Crippen LogP) is 1.15. The normalized spacial score (nSPS) is 10.8. The second-order valence-corrected chi connectivity index (χ2v) is 4.69. The van der Waals surface area contributed by atoms with Gasteiger partial charge in [0, 0.05) is 16.7 Å². The molecule has 1 aromatic rings. The second-order valence-electron chi connectivity index (χ2n) is 2.13. The summed E-state index contributed by atoms with van der Waals surface area (Å²) >= 11 is 0. The Balaban J connectivity index is 3.13. The number of halogens is 1. The molecule has 0 amide bonds. The molecule has 1 aromatic carbocycles. The van der Waals surface area contributed by atoms with E-state index in [-0.39, 0.29) is 17.1 Å². The number of ether oxygens (including phenoxy) is 1. The van der Waals surface area contributed by atoms with Crippen LogP contribution in [0, 0.1) is 0 Å². The van der Waals surface area contributed by atoms with Gasteiger partial charge < -0.3 is 4.74 Å². The first-order chi connectivity index (χ1) is 6.04. The molecule has 0 radical (unpaired) electrons. The molecule has 0 saturated carbocycles. The highest BCUT2D eigenvalue weighted by atomic mass is 35.7. The van der Waals surface area contributed by atoms with E-state index in [1.54, 1.807) is 0 Å². The zero-order valence-electron chi connectivity index (χ0n) is 6.31. The van der Waals surface area contributed by atoms with E-state index in [0.717, 1.165) is 6.07 Å². The number of hydrogen-bond acceptors (Lipinski definition) is 4. The van der Waals surface area contributed by atoms with Crippen molar-refractivity contribution in [2.24, 2.45) is 0 Å². The molecule has 0 aliphatic rings. The highest BCUT2D eigenvalue weighted by molar-refractivity contribution is 8.13. The molecular weight excluding hydrogens is 216 g/mol. The highest BCUT2D eigenvalue weighted by Crippen LogP contribution is 2.19. The Morgan fingerprint density at radius 3 is 2.62 bits per heavy atom. The first kappa shape index (κ1) is 10.0. The lowest BCUT2D eigenvalue weighted by Crippen LogP contribution is -1.93. The molecule has 0 unspecified atom stereocenters. The van der Waals surface area contributed by atoms with Crippen LogP contribution in [0.5, 0.6) is 5.75 Å². The third-order valence-electron chi connectivity index (χ3n) is 1.27. The van der Waals surface area contributed by atoms with Crippen LogP contribution in [0.3, 0.4) is 0 Å². The molecule has 0 fully saturated rings. The van der Waals surface area contributed by atoms with Crippen molar-refractivity contribution >= 4 is 26.2 Å². The van der Waals surface area contributed by atoms with Gasteiger partial charge in [-0.2, -0.15) is 0 Å². The van der Waals surface area contributed by atoms with Crippen LogP contribution < -0.4 is 4.74 Å². The zero-order valence-corrected chi connectivity index (χ0v) is 7.88. The largest absolute Gasteiger partial charge is 0.429 e. The van der Waals surface area contributed by atoms with Gasteiger partial charge in [-0.25, -0.2) is 8.42 Å². The van der Waals surface area contributed by atoms with Crippen molar-refractivity contribution in [2.45, 2.75) is 4.90 Å². The molecule has 0 bridgehead atoms. The minimum atomic E-state index is -3.77. The Kier molecular flexibility index (Phi) is 2.90. The van der Waals surface area contributed by atoms with Crippen LogP contribution in [0.15, 0.2) is 29.2 Å². The van der Waals surface area contributed by atoms with Gasteiger partial charge in [0.1, 0.15) is 5.75 Å². The highest BCUT2D eigenvalue weighted by Gasteiger charge is 2.09. The maximum absolute atomic E-state index is 10.8. The lowest BCUT2D eigenvalue weighted by molar-refractivity contribution is -0.120. The van der Waals surface area contributed by atoms with Gasteiger partial charge >= 0.3 is 0 Å². The fourth-order valence-electron chi connectivity index (χ4n) is 0.755. The van der Waals surface area contributed by atoms with Crippen LogP contribution in [0.25, 0.3) is 0 Å². The summed E-state index contributed by atoms with van der Waals surface area (Å²) in [5.41, 5.74) is 0. The second kappa shape index (κ2) is 3.76. The molecule has 0 saturated heterocycles. The Morgan fingerprint density at radius 2 is 2.08 bits per heavy atom. The Morgan fingerprint density at radius 1 is 1.38 bits per heavy atom. The van der Waals surface area contributed by atoms with Crippen LogP contribution in [-0.4, -0.2) is 14.9 Å². The van der Waals surface area contributed by atoms with Gasteiger partial charge in [-0.1, -0.05) is 6.07 Å². The lowest BCUT2D eigenvalue weighted by atomic mass is 10.3. The third-order valence-corrected chi connectivity index (χ3v) is 2.62. The standard InChI is InChI=1S/C7H5ClO4S/c8-13(10,11)7-3-1-2-6(4-7)12-5-9/h1-5H. The third kappa shape index (κ3) is 2.71. The number of carbonyl (C=O) groups excluding carboxylic acids is 1. The molecule has 4 nitrogen and oxygen atoms in total. The molecule has 70 valence electrons. The molecular formula is C7H5ClO4S. The Labute approximate surface area is 79.5 Å². The Hall–Kier alpha value is -1.07. The molecule has 0 heterocycles. The summed E-state index contributed by atoms with van der Waals surface area (Å²) in [4.78, 5) is 9.83. The van der Waals surface area contributed by atoms with Crippen LogP contribution in [-0.2, 0) is 13.8 Å². The summed E-state index contributed by atoms with van der Waals surface area (Å²) in [6, 6.07) is 5.34. The number of hydrogen-bond donors (Lipinski definition) is 0. The van der Waals surface area contributed by atoms with Crippen molar-refractivity contribution in [3.05, 3.63) is 24.3 Å². The number of rotatable bonds is 3. The molecule has 13 heavy (non-hydrogen) atoms. The summed E-state index contributed by atoms with van der Waals surface area (Å²) in [7, 11) is 1.29.